The molecule has 86 valence electrons. The second-order valence-corrected chi connectivity index (χ2v) is 8.81. The Kier molecular flexibility index (Phi) is 5.48. The number of carbonyl (C=O) groups is 1. The Morgan fingerprint density at radius 1 is 1.43 bits per heavy atom. The van der Waals surface area contributed by atoms with E-state index in [0.717, 1.165) is 6.29 Å². The Bertz CT molecular complexity index is 187. The van der Waals surface area contributed by atoms with Crippen LogP contribution in [-0.2, 0) is 8.98 Å². The third-order valence-corrected chi connectivity index (χ3v) is 6.43. The Hall–Kier alpha value is 0.270. The summed E-state index contributed by atoms with van der Waals surface area (Å²) in [5, 5.41) is 0. The fourth-order valence-electron chi connectivity index (χ4n) is 0.720. The molecule has 4 heteroatoms. The van der Waals surface area contributed by atoms with Crippen molar-refractivity contribution in [2.75, 3.05) is 18.4 Å². The van der Waals surface area contributed by atoms with E-state index < -0.39 is 10.3 Å². The van der Waals surface area contributed by atoms with Crippen LogP contribution in [0.4, 0.5) is 0 Å². The van der Waals surface area contributed by atoms with Gasteiger partial charge in [-0.05, 0) is 12.5 Å². The first kappa shape index (κ1) is 14.3. The number of alkyl halides is 1. The molecule has 0 aromatic heterocycles. The van der Waals surface area contributed by atoms with Crippen molar-refractivity contribution in [2.45, 2.75) is 38.0 Å². The predicted molar refractivity (Wildman–Crippen MR) is 65.5 cm³/mol. The highest BCUT2D eigenvalue weighted by molar-refractivity contribution is 8.29. The van der Waals surface area contributed by atoms with E-state index in [1.54, 1.807) is 0 Å². The van der Waals surface area contributed by atoms with Gasteiger partial charge >= 0.3 is 0 Å². The van der Waals surface area contributed by atoms with Crippen molar-refractivity contribution in [2.24, 2.45) is 0 Å². The summed E-state index contributed by atoms with van der Waals surface area (Å²) in [6, 6.07) is 0. The van der Waals surface area contributed by atoms with Gasteiger partial charge in [0.25, 0.3) is 0 Å². The lowest BCUT2D eigenvalue weighted by atomic mass is 10.3. The summed E-state index contributed by atoms with van der Waals surface area (Å²) in [6.45, 7) is 6.44. The predicted octanol–water partition coefficient (Wildman–Crippen LogP) is 2.98. The summed E-state index contributed by atoms with van der Waals surface area (Å²) < 4.78 is 6.02. The van der Waals surface area contributed by atoms with Gasteiger partial charge in [-0.15, -0.1) is 21.9 Å². The normalized spacial score (nSPS) is 16.4. The molecule has 0 spiro atoms. The van der Waals surface area contributed by atoms with Gasteiger partial charge in [0.15, 0.2) is 0 Å². The van der Waals surface area contributed by atoms with Gasteiger partial charge in [-0.1, -0.05) is 20.8 Å². The van der Waals surface area contributed by atoms with Gasteiger partial charge < -0.3 is 8.98 Å². The molecule has 0 heterocycles. The van der Waals surface area contributed by atoms with E-state index in [0.29, 0.717) is 12.3 Å². The number of rotatable bonds is 5. The second kappa shape index (κ2) is 5.38. The molecule has 0 aliphatic heterocycles. The minimum Gasteiger partial charge on any atom is -0.332 e. The van der Waals surface area contributed by atoms with Crippen LogP contribution < -0.4 is 0 Å². The Morgan fingerprint density at radius 3 is 2.21 bits per heavy atom. The Labute approximate surface area is 93.9 Å². The zero-order valence-corrected chi connectivity index (χ0v) is 11.2. The van der Waals surface area contributed by atoms with Crippen molar-refractivity contribution in [3.63, 3.8) is 0 Å². The molecule has 0 aliphatic carbocycles. The lowest BCUT2D eigenvalue weighted by molar-refractivity contribution is -0.108. The van der Waals surface area contributed by atoms with Crippen molar-refractivity contribution in [1.29, 1.82) is 0 Å². The zero-order valence-electron chi connectivity index (χ0n) is 9.67. The third kappa shape index (κ3) is 4.20. The smallest absolute Gasteiger partial charge is 0.122 e. The van der Waals surface area contributed by atoms with Crippen LogP contribution in [0.3, 0.4) is 0 Å². The van der Waals surface area contributed by atoms with E-state index in [2.05, 4.69) is 33.3 Å². The van der Waals surface area contributed by atoms with E-state index >= 15 is 0 Å². The average Bonchev–Trinajstić information content (AvgIpc) is 2.01. The fraction of sp³-hybridized carbons (Fsp3) is 0.900. The highest BCUT2D eigenvalue weighted by Crippen LogP contribution is 2.54. The number of halogens is 1. The van der Waals surface area contributed by atoms with Gasteiger partial charge in [0.1, 0.15) is 6.29 Å². The Balaban J connectivity index is 4.39. The SMILES string of the molecule is CC(C)(C)S(C)(C)OC(CCl)CC=O. The first-order valence-electron chi connectivity index (χ1n) is 4.65. The molecule has 0 bridgehead atoms. The molecule has 0 aromatic carbocycles. The van der Waals surface area contributed by atoms with Crippen molar-refractivity contribution < 1.29 is 8.98 Å². The van der Waals surface area contributed by atoms with Crippen LogP contribution in [0.5, 0.6) is 0 Å². The molecule has 1 atom stereocenters. The van der Waals surface area contributed by atoms with Gasteiger partial charge in [0.2, 0.25) is 0 Å². The molecule has 0 N–H and O–H groups in total. The first-order valence-corrected chi connectivity index (χ1v) is 7.56. The molecule has 0 aliphatic rings. The number of hydrogen-bond acceptors (Lipinski definition) is 2. The van der Waals surface area contributed by atoms with Gasteiger partial charge in [-0.25, -0.2) is 0 Å². The molecule has 0 saturated heterocycles. The quantitative estimate of drug-likeness (QED) is 0.546. The van der Waals surface area contributed by atoms with Crippen molar-refractivity contribution in [1.82, 2.24) is 0 Å². The van der Waals surface area contributed by atoms with E-state index in [9.17, 15) is 4.79 Å². The molecule has 2 nitrogen and oxygen atoms in total. The summed E-state index contributed by atoms with van der Waals surface area (Å²) in [7, 11) is -1.17. The maximum absolute atomic E-state index is 10.4. The molecule has 0 aromatic rings. The number of aldehydes is 1. The molecular weight excluding hydrogens is 220 g/mol. The van der Waals surface area contributed by atoms with Gasteiger partial charge in [-0.3, -0.25) is 0 Å². The fourth-order valence-corrected chi connectivity index (χ4v) is 2.10. The molecule has 0 rings (SSSR count). The number of carbonyl (C=O) groups excluding carboxylic acids is 1. The monoisotopic (exact) mass is 240 g/mol. The van der Waals surface area contributed by atoms with Crippen molar-refractivity contribution in [3.05, 3.63) is 0 Å². The standard InChI is InChI=1S/C10H21ClO2S/c1-10(2,3)14(4,5)13-9(8-11)6-7-12/h7,9H,6,8H2,1-5H3. The summed E-state index contributed by atoms with van der Waals surface area (Å²) in [4.78, 5) is 10.4. The summed E-state index contributed by atoms with van der Waals surface area (Å²) in [5.74, 6) is 0.380. The molecule has 0 radical (unpaired) electrons. The van der Waals surface area contributed by atoms with Gasteiger partial charge in [0, 0.05) is 11.2 Å². The summed E-state index contributed by atoms with van der Waals surface area (Å²) in [5.41, 5.74) is 0. The molecular formula is C10H21ClO2S. The highest BCUT2D eigenvalue weighted by atomic mass is 35.5. The van der Waals surface area contributed by atoms with Crippen LogP contribution in [0.15, 0.2) is 0 Å². The molecule has 0 fully saturated rings. The van der Waals surface area contributed by atoms with Crippen molar-refractivity contribution >= 4 is 28.2 Å². The van der Waals surface area contributed by atoms with E-state index in [1.807, 2.05) is 0 Å². The van der Waals surface area contributed by atoms with Crippen LogP contribution in [0.25, 0.3) is 0 Å². The van der Waals surface area contributed by atoms with E-state index in [4.69, 9.17) is 15.8 Å². The third-order valence-electron chi connectivity index (χ3n) is 2.38. The summed E-state index contributed by atoms with van der Waals surface area (Å²) >= 11 is 5.73. The van der Waals surface area contributed by atoms with Gasteiger partial charge in [-0.2, -0.15) is 0 Å². The Morgan fingerprint density at radius 2 is 1.93 bits per heavy atom. The lowest BCUT2D eigenvalue weighted by Gasteiger charge is -2.45. The first-order chi connectivity index (χ1) is 6.24. The number of hydrogen-bond donors (Lipinski definition) is 0. The van der Waals surface area contributed by atoms with Crippen LogP contribution in [0, 0.1) is 0 Å². The minimum atomic E-state index is -1.17. The highest BCUT2D eigenvalue weighted by Gasteiger charge is 2.31. The maximum Gasteiger partial charge on any atom is 0.122 e. The maximum atomic E-state index is 10.4. The molecule has 0 saturated carbocycles. The van der Waals surface area contributed by atoms with Crippen LogP contribution in [0.1, 0.15) is 27.2 Å². The second-order valence-electron chi connectivity index (χ2n) is 4.62. The van der Waals surface area contributed by atoms with E-state index in [1.165, 1.54) is 0 Å². The van der Waals surface area contributed by atoms with Crippen LogP contribution >= 0.6 is 21.9 Å². The van der Waals surface area contributed by atoms with E-state index in [-0.39, 0.29) is 10.9 Å². The molecule has 14 heavy (non-hydrogen) atoms. The average molecular weight is 241 g/mol. The van der Waals surface area contributed by atoms with Gasteiger partial charge in [0.05, 0.1) is 12.0 Å². The minimum absolute atomic E-state index is 0.111. The molecule has 0 amide bonds. The van der Waals surface area contributed by atoms with Crippen molar-refractivity contribution in [3.8, 4) is 0 Å². The lowest BCUT2D eigenvalue weighted by Crippen LogP contribution is -2.29. The summed E-state index contributed by atoms with van der Waals surface area (Å²) in [6.07, 6.45) is 5.33. The molecule has 1 unspecified atom stereocenters. The van der Waals surface area contributed by atoms with Crippen LogP contribution in [0.2, 0.25) is 0 Å². The van der Waals surface area contributed by atoms with Crippen LogP contribution in [-0.4, -0.2) is 35.5 Å². The topological polar surface area (TPSA) is 26.3 Å². The zero-order chi connectivity index (χ0) is 11.4. The largest absolute Gasteiger partial charge is 0.332 e.